The summed E-state index contributed by atoms with van der Waals surface area (Å²) in [5.74, 6) is 0.549. The van der Waals surface area contributed by atoms with E-state index in [2.05, 4.69) is 39.7 Å². The Bertz CT molecular complexity index is 454. The highest BCUT2D eigenvalue weighted by molar-refractivity contribution is 5.34. The van der Waals surface area contributed by atoms with E-state index < -0.39 is 0 Å². The Labute approximate surface area is 92.8 Å². The molecule has 1 N–H and O–H groups in total. The van der Waals surface area contributed by atoms with E-state index in [-0.39, 0.29) is 0 Å². The van der Waals surface area contributed by atoms with Crippen molar-refractivity contribution in [2.75, 3.05) is 13.2 Å². The van der Waals surface area contributed by atoms with Crippen LogP contribution in [0, 0.1) is 0 Å². The normalized spacial score (nSPS) is 11.2. The lowest BCUT2D eigenvalue weighted by molar-refractivity contribution is 0.288. The van der Waals surface area contributed by atoms with Crippen LogP contribution in [0.5, 0.6) is 5.88 Å². The molecule has 0 atom stereocenters. The molecule has 7 heteroatoms. The van der Waals surface area contributed by atoms with E-state index in [1.807, 2.05) is 0 Å². The van der Waals surface area contributed by atoms with Crippen LogP contribution >= 0.6 is 0 Å². The molecule has 0 radical (unpaired) electrons. The van der Waals surface area contributed by atoms with Gasteiger partial charge in [0.2, 0.25) is 11.5 Å². The number of nitrogens with zero attached hydrogens (tertiary/aromatic N) is 5. The number of fused-ring (bicyclic) bond motifs is 1. The zero-order valence-corrected chi connectivity index (χ0v) is 9.29. The van der Waals surface area contributed by atoms with Gasteiger partial charge in [-0.2, -0.15) is 4.52 Å². The van der Waals surface area contributed by atoms with Gasteiger partial charge in [0, 0.05) is 12.6 Å². The molecule has 0 amide bonds. The van der Waals surface area contributed by atoms with Gasteiger partial charge in [-0.1, -0.05) is 13.8 Å². The zero-order valence-electron chi connectivity index (χ0n) is 9.29. The van der Waals surface area contributed by atoms with Crippen LogP contribution in [0.3, 0.4) is 0 Å². The Morgan fingerprint density at radius 2 is 2.31 bits per heavy atom. The molecule has 0 fully saturated rings. The first-order valence-electron chi connectivity index (χ1n) is 5.15. The summed E-state index contributed by atoms with van der Waals surface area (Å²) in [6.07, 6.45) is 3.18. The summed E-state index contributed by atoms with van der Waals surface area (Å²) in [4.78, 5) is 3.99. The summed E-state index contributed by atoms with van der Waals surface area (Å²) in [5, 5.41) is 14.4. The second-order valence-electron chi connectivity index (χ2n) is 3.65. The molecule has 16 heavy (non-hydrogen) atoms. The van der Waals surface area contributed by atoms with E-state index in [0.29, 0.717) is 24.2 Å². The van der Waals surface area contributed by atoms with Crippen LogP contribution < -0.4 is 10.1 Å². The monoisotopic (exact) mass is 222 g/mol. The Balaban J connectivity index is 1.96. The van der Waals surface area contributed by atoms with Gasteiger partial charge >= 0.3 is 0 Å². The summed E-state index contributed by atoms with van der Waals surface area (Å²) in [6.45, 7) is 5.50. The van der Waals surface area contributed by atoms with Crippen molar-refractivity contribution >= 4 is 5.65 Å². The smallest absolute Gasteiger partial charge is 0.237 e. The fourth-order valence-electron chi connectivity index (χ4n) is 1.26. The molecule has 7 nitrogen and oxygen atoms in total. The number of tetrazole rings is 1. The number of ether oxygens (including phenoxy) is 1. The number of hydrogen-bond acceptors (Lipinski definition) is 6. The van der Waals surface area contributed by atoms with Crippen molar-refractivity contribution < 1.29 is 4.74 Å². The predicted molar refractivity (Wildman–Crippen MR) is 57.2 cm³/mol. The second kappa shape index (κ2) is 4.84. The van der Waals surface area contributed by atoms with Gasteiger partial charge in [0.15, 0.2) is 0 Å². The fraction of sp³-hybridized carbons (Fsp3) is 0.556. The molecule has 2 rings (SSSR count). The predicted octanol–water partition coefficient (Wildman–Crippen LogP) is -0.104. The third kappa shape index (κ3) is 2.43. The molecule has 86 valence electrons. The lowest BCUT2D eigenvalue weighted by Gasteiger charge is -2.09. The molecule has 2 aromatic rings. The van der Waals surface area contributed by atoms with Gasteiger partial charge in [0.25, 0.3) is 0 Å². The van der Waals surface area contributed by atoms with Crippen molar-refractivity contribution in [2.24, 2.45) is 0 Å². The molecule has 2 aromatic heterocycles. The first-order chi connectivity index (χ1) is 7.77. The molecule has 0 saturated carbocycles. The molecule has 0 spiro atoms. The van der Waals surface area contributed by atoms with Gasteiger partial charge in [-0.05, 0) is 10.4 Å². The molecule has 0 unspecified atom stereocenters. The summed E-state index contributed by atoms with van der Waals surface area (Å²) in [5.41, 5.74) is 0.578. The molecule has 0 aliphatic carbocycles. The van der Waals surface area contributed by atoms with Crippen molar-refractivity contribution in [2.45, 2.75) is 19.9 Å². The van der Waals surface area contributed by atoms with Crippen LogP contribution in [0.1, 0.15) is 13.8 Å². The highest BCUT2D eigenvalue weighted by Crippen LogP contribution is 2.07. The van der Waals surface area contributed by atoms with Gasteiger partial charge in [-0.3, -0.25) is 4.98 Å². The van der Waals surface area contributed by atoms with Crippen molar-refractivity contribution in [3.63, 3.8) is 0 Å². The van der Waals surface area contributed by atoms with E-state index >= 15 is 0 Å². The number of nitrogens with one attached hydrogen (secondary N) is 1. The van der Waals surface area contributed by atoms with Crippen LogP contribution in [0.25, 0.3) is 5.65 Å². The van der Waals surface area contributed by atoms with E-state index in [4.69, 9.17) is 4.74 Å². The van der Waals surface area contributed by atoms with Crippen LogP contribution in [0.15, 0.2) is 12.4 Å². The summed E-state index contributed by atoms with van der Waals surface area (Å²) in [7, 11) is 0. The minimum atomic E-state index is 0.450. The molecule has 2 heterocycles. The molecule has 0 aromatic carbocycles. The van der Waals surface area contributed by atoms with Gasteiger partial charge < -0.3 is 10.1 Å². The number of hydrogen-bond donors (Lipinski definition) is 1. The molecule has 0 aliphatic heterocycles. The second-order valence-corrected chi connectivity index (χ2v) is 3.65. The minimum absolute atomic E-state index is 0.450. The Morgan fingerprint density at radius 3 is 3.12 bits per heavy atom. The average molecular weight is 222 g/mol. The molecule has 0 aliphatic rings. The molecule has 0 saturated heterocycles. The lowest BCUT2D eigenvalue weighted by atomic mass is 10.4. The first-order valence-corrected chi connectivity index (χ1v) is 5.15. The SMILES string of the molecule is CC(C)NCCOc1cncc2nnnn12. The summed E-state index contributed by atoms with van der Waals surface area (Å²) in [6, 6.07) is 0.450. The number of aromatic nitrogens is 5. The Morgan fingerprint density at radius 1 is 1.44 bits per heavy atom. The van der Waals surface area contributed by atoms with E-state index in [9.17, 15) is 0 Å². The Hall–Kier alpha value is -1.76. The maximum absolute atomic E-state index is 5.52. The van der Waals surface area contributed by atoms with Gasteiger partial charge in [-0.25, -0.2) is 0 Å². The van der Waals surface area contributed by atoms with Crippen molar-refractivity contribution in [1.82, 2.24) is 30.3 Å². The Kier molecular flexibility index (Phi) is 3.25. The van der Waals surface area contributed by atoms with Crippen LogP contribution in [0.2, 0.25) is 0 Å². The maximum Gasteiger partial charge on any atom is 0.237 e. The average Bonchev–Trinajstić information content (AvgIpc) is 2.72. The van der Waals surface area contributed by atoms with Crippen molar-refractivity contribution in [1.29, 1.82) is 0 Å². The maximum atomic E-state index is 5.52. The van der Waals surface area contributed by atoms with Crippen molar-refractivity contribution in [3.05, 3.63) is 12.4 Å². The lowest BCUT2D eigenvalue weighted by Crippen LogP contribution is -2.27. The standard InChI is InChI=1S/C9H14N6O/c1-7(2)11-3-4-16-9-6-10-5-8-12-13-14-15(8)9/h5-7,11H,3-4H2,1-2H3. The van der Waals surface area contributed by atoms with E-state index in [0.717, 1.165) is 6.54 Å². The van der Waals surface area contributed by atoms with E-state index in [1.54, 1.807) is 12.4 Å². The third-order valence-corrected chi connectivity index (χ3v) is 1.98. The fourth-order valence-corrected chi connectivity index (χ4v) is 1.26. The van der Waals surface area contributed by atoms with Crippen molar-refractivity contribution in [3.8, 4) is 5.88 Å². The largest absolute Gasteiger partial charge is 0.475 e. The highest BCUT2D eigenvalue weighted by Gasteiger charge is 2.04. The third-order valence-electron chi connectivity index (χ3n) is 1.98. The van der Waals surface area contributed by atoms with E-state index in [1.165, 1.54) is 4.52 Å². The first kappa shape index (κ1) is 10.7. The van der Waals surface area contributed by atoms with Gasteiger partial charge in [-0.15, -0.1) is 5.10 Å². The summed E-state index contributed by atoms with van der Waals surface area (Å²) >= 11 is 0. The van der Waals surface area contributed by atoms with Crippen LogP contribution in [-0.2, 0) is 0 Å². The summed E-state index contributed by atoms with van der Waals surface area (Å²) < 4.78 is 7.04. The topological polar surface area (TPSA) is 77.2 Å². The van der Waals surface area contributed by atoms with Crippen LogP contribution in [-0.4, -0.2) is 44.2 Å². The molecular weight excluding hydrogens is 208 g/mol. The quantitative estimate of drug-likeness (QED) is 0.712. The molecular formula is C9H14N6O. The highest BCUT2D eigenvalue weighted by atomic mass is 16.5. The molecule has 0 bridgehead atoms. The van der Waals surface area contributed by atoms with Crippen LogP contribution in [0.4, 0.5) is 0 Å². The van der Waals surface area contributed by atoms with Gasteiger partial charge in [0.05, 0.1) is 12.4 Å². The minimum Gasteiger partial charge on any atom is -0.475 e. The number of rotatable bonds is 5. The zero-order chi connectivity index (χ0) is 11.4. The van der Waals surface area contributed by atoms with Gasteiger partial charge in [0.1, 0.15) is 6.61 Å².